The van der Waals surface area contributed by atoms with Crippen LogP contribution in [0.1, 0.15) is 44.9 Å². The van der Waals surface area contributed by atoms with E-state index in [1.165, 1.54) is 9.80 Å². The topological polar surface area (TPSA) is 98.2 Å². The molecule has 1 atom stereocenters. The molecule has 0 radical (unpaired) electrons. The van der Waals surface area contributed by atoms with Crippen LogP contribution in [0.15, 0.2) is 0 Å². The number of likely N-dealkylation sites (N-methyl/N-ethyl adjacent to an activating group) is 1. The van der Waals surface area contributed by atoms with Gasteiger partial charge in [0.2, 0.25) is 5.91 Å². The Morgan fingerprint density at radius 1 is 1.17 bits per heavy atom. The highest BCUT2D eigenvalue weighted by atomic mass is 16.4. The number of carboxylic acids is 1. The van der Waals surface area contributed by atoms with Gasteiger partial charge in [-0.3, -0.25) is 14.5 Å². The van der Waals surface area contributed by atoms with Crippen LogP contribution in [-0.2, 0) is 14.4 Å². The smallest absolute Gasteiger partial charge is 0.327 e. The van der Waals surface area contributed by atoms with E-state index < -0.39 is 29.5 Å². The maximum absolute atomic E-state index is 12.8. The number of urea groups is 1. The van der Waals surface area contributed by atoms with Gasteiger partial charge in [0.25, 0.3) is 5.91 Å². The van der Waals surface area contributed by atoms with Gasteiger partial charge in [-0.1, -0.05) is 19.3 Å². The third kappa shape index (κ3) is 2.44. The fourth-order valence-corrected chi connectivity index (χ4v) is 4.22. The Balaban J connectivity index is 1.75. The highest BCUT2D eigenvalue weighted by molar-refractivity contribution is 6.09. The molecule has 2 saturated heterocycles. The molecule has 0 aromatic heterocycles. The van der Waals surface area contributed by atoms with Crippen molar-refractivity contribution in [1.29, 1.82) is 0 Å². The Bertz CT molecular complexity index is 584. The van der Waals surface area contributed by atoms with Crippen molar-refractivity contribution >= 4 is 23.8 Å². The molecule has 132 valence electrons. The predicted octanol–water partition coefficient (Wildman–Crippen LogP) is 0.659. The molecule has 0 unspecified atom stereocenters. The molecule has 0 bridgehead atoms. The molecule has 2 aliphatic heterocycles. The second-order valence-corrected chi connectivity index (χ2v) is 6.91. The third-order valence-electron chi connectivity index (χ3n) is 5.64. The van der Waals surface area contributed by atoms with E-state index in [9.17, 15) is 24.3 Å². The van der Waals surface area contributed by atoms with E-state index in [0.29, 0.717) is 32.2 Å². The second kappa shape index (κ2) is 6.07. The maximum atomic E-state index is 12.8. The van der Waals surface area contributed by atoms with Crippen molar-refractivity contribution in [3.8, 4) is 0 Å². The third-order valence-corrected chi connectivity index (χ3v) is 5.64. The minimum absolute atomic E-state index is 0.311. The largest absolute Gasteiger partial charge is 0.480 e. The zero-order valence-electron chi connectivity index (χ0n) is 13.9. The summed E-state index contributed by atoms with van der Waals surface area (Å²) in [6, 6.07) is -1.31. The molecule has 1 N–H and O–H groups in total. The zero-order valence-corrected chi connectivity index (χ0v) is 13.9. The molecule has 3 fully saturated rings. The van der Waals surface area contributed by atoms with E-state index in [2.05, 4.69) is 0 Å². The summed E-state index contributed by atoms with van der Waals surface area (Å²) in [7, 11) is 1.62. The fraction of sp³-hybridized carbons (Fsp3) is 0.750. The van der Waals surface area contributed by atoms with Crippen molar-refractivity contribution < 1.29 is 24.3 Å². The average molecular weight is 337 g/mol. The van der Waals surface area contributed by atoms with Crippen molar-refractivity contribution in [1.82, 2.24) is 14.7 Å². The lowest BCUT2D eigenvalue weighted by Gasteiger charge is -2.35. The van der Waals surface area contributed by atoms with Crippen molar-refractivity contribution in [2.75, 3.05) is 20.1 Å². The van der Waals surface area contributed by atoms with Gasteiger partial charge in [-0.05, 0) is 25.7 Å². The summed E-state index contributed by atoms with van der Waals surface area (Å²) in [5.41, 5.74) is -0.813. The Morgan fingerprint density at radius 3 is 2.46 bits per heavy atom. The van der Waals surface area contributed by atoms with Crippen LogP contribution < -0.4 is 0 Å². The van der Waals surface area contributed by atoms with Crippen LogP contribution in [0.2, 0.25) is 0 Å². The monoisotopic (exact) mass is 337 g/mol. The standard InChI is InChI=1S/C16H23N3O5/c1-17-15(24)19(14(23)16(17)7-3-2-4-8-16)10-12(20)18-9-5-6-11(18)13(21)22/h11H,2-10H2,1H3,(H,21,22)/t11-/m0/s1. The predicted molar refractivity (Wildman–Crippen MR) is 83.1 cm³/mol. The van der Waals surface area contributed by atoms with Crippen molar-refractivity contribution in [2.24, 2.45) is 0 Å². The minimum atomic E-state index is -1.04. The van der Waals surface area contributed by atoms with E-state index in [0.717, 1.165) is 24.2 Å². The normalized spacial score (nSPS) is 26.5. The average Bonchev–Trinajstić information content (AvgIpc) is 3.12. The van der Waals surface area contributed by atoms with Crippen LogP contribution >= 0.6 is 0 Å². The molecule has 3 rings (SSSR count). The first-order chi connectivity index (χ1) is 11.4. The van der Waals surface area contributed by atoms with Gasteiger partial charge in [-0.2, -0.15) is 0 Å². The summed E-state index contributed by atoms with van der Waals surface area (Å²) >= 11 is 0. The zero-order chi connectivity index (χ0) is 17.5. The molecule has 4 amide bonds. The quantitative estimate of drug-likeness (QED) is 0.763. The van der Waals surface area contributed by atoms with Gasteiger partial charge in [0.1, 0.15) is 18.1 Å². The molecule has 1 saturated carbocycles. The van der Waals surface area contributed by atoms with Crippen LogP contribution in [0.4, 0.5) is 4.79 Å². The van der Waals surface area contributed by atoms with Gasteiger partial charge in [-0.15, -0.1) is 0 Å². The van der Waals surface area contributed by atoms with Crippen molar-refractivity contribution in [3.63, 3.8) is 0 Å². The highest BCUT2D eigenvalue weighted by Crippen LogP contribution is 2.39. The Labute approximate surface area is 140 Å². The number of hydrogen-bond acceptors (Lipinski definition) is 4. The van der Waals surface area contributed by atoms with Crippen LogP contribution in [0.3, 0.4) is 0 Å². The van der Waals surface area contributed by atoms with Crippen LogP contribution in [0, 0.1) is 0 Å². The van der Waals surface area contributed by atoms with Crippen molar-refractivity contribution in [3.05, 3.63) is 0 Å². The summed E-state index contributed by atoms with van der Waals surface area (Å²) in [4.78, 5) is 52.8. The Morgan fingerprint density at radius 2 is 1.83 bits per heavy atom. The highest BCUT2D eigenvalue weighted by Gasteiger charge is 2.56. The molecule has 24 heavy (non-hydrogen) atoms. The van der Waals surface area contributed by atoms with Crippen LogP contribution in [0.25, 0.3) is 0 Å². The molecule has 0 aromatic rings. The van der Waals surface area contributed by atoms with Gasteiger partial charge in [-0.25, -0.2) is 9.59 Å². The van der Waals surface area contributed by atoms with Crippen molar-refractivity contribution in [2.45, 2.75) is 56.5 Å². The summed E-state index contributed by atoms with van der Waals surface area (Å²) in [5.74, 6) is -1.82. The SMILES string of the molecule is CN1C(=O)N(CC(=O)N2CCC[C@H]2C(=O)O)C(=O)C12CCCCC2. The number of imide groups is 1. The van der Waals surface area contributed by atoms with Crippen LogP contribution in [0.5, 0.6) is 0 Å². The number of carbonyl (C=O) groups is 4. The number of nitrogens with zero attached hydrogens (tertiary/aromatic N) is 3. The van der Waals surface area contributed by atoms with E-state index >= 15 is 0 Å². The lowest BCUT2D eigenvalue weighted by atomic mass is 9.81. The van der Waals surface area contributed by atoms with E-state index in [1.54, 1.807) is 7.05 Å². The first kappa shape index (κ1) is 16.7. The van der Waals surface area contributed by atoms with Gasteiger partial charge in [0, 0.05) is 13.6 Å². The molecule has 0 aromatic carbocycles. The van der Waals surface area contributed by atoms with Gasteiger partial charge >= 0.3 is 12.0 Å². The molecule has 8 heteroatoms. The summed E-state index contributed by atoms with van der Waals surface area (Å²) in [5, 5.41) is 9.19. The van der Waals surface area contributed by atoms with Gasteiger partial charge in [0.05, 0.1) is 0 Å². The Kier molecular flexibility index (Phi) is 4.23. The minimum Gasteiger partial charge on any atom is -0.480 e. The molecule has 2 heterocycles. The molecule has 8 nitrogen and oxygen atoms in total. The molecule has 3 aliphatic rings. The van der Waals surface area contributed by atoms with E-state index in [-0.39, 0.29) is 12.5 Å². The number of carbonyl (C=O) groups excluding carboxylic acids is 3. The lowest BCUT2D eigenvalue weighted by Crippen LogP contribution is -2.50. The molecular formula is C16H23N3O5. The molecular weight excluding hydrogens is 314 g/mol. The number of carboxylic acid groups (broad SMARTS) is 1. The summed E-state index contributed by atoms with van der Waals surface area (Å²) in [6.45, 7) is -0.0134. The molecule has 1 spiro atoms. The maximum Gasteiger partial charge on any atom is 0.327 e. The fourth-order valence-electron chi connectivity index (χ4n) is 4.22. The lowest BCUT2D eigenvalue weighted by molar-refractivity contribution is -0.149. The number of amides is 4. The van der Waals surface area contributed by atoms with Crippen LogP contribution in [-0.4, -0.2) is 75.3 Å². The number of aliphatic carboxylic acids is 1. The van der Waals surface area contributed by atoms with E-state index in [1.807, 2.05) is 0 Å². The first-order valence-electron chi connectivity index (χ1n) is 8.50. The number of likely N-dealkylation sites (tertiary alicyclic amines) is 1. The van der Waals surface area contributed by atoms with Gasteiger partial charge < -0.3 is 14.9 Å². The molecule has 1 aliphatic carbocycles. The van der Waals surface area contributed by atoms with E-state index in [4.69, 9.17) is 0 Å². The number of rotatable bonds is 3. The number of hydrogen-bond donors (Lipinski definition) is 1. The Hall–Kier alpha value is -2.12. The first-order valence-corrected chi connectivity index (χ1v) is 8.50. The van der Waals surface area contributed by atoms with Gasteiger partial charge in [0.15, 0.2) is 0 Å². The second-order valence-electron chi connectivity index (χ2n) is 6.91. The summed E-state index contributed by atoms with van der Waals surface area (Å²) in [6.07, 6.45) is 5.10. The summed E-state index contributed by atoms with van der Waals surface area (Å²) < 4.78 is 0.